The number of nitrogens with one attached hydrogen (secondary N) is 2. The van der Waals surface area contributed by atoms with Crippen molar-refractivity contribution in [2.45, 2.75) is 12.8 Å². The summed E-state index contributed by atoms with van der Waals surface area (Å²) in [7, 11) is 0. The largest absolute Gasteiger partial charge is 0.423 e. The normalized spacial score (nSPS) is 18.0. The minimum atomic E-state index is -0.373. The Kier molecular flexibility index (Phi) is 4.98. The summed E-state index contributed by atoms with van der Waals surface area (Å²) in [6.45, 7) is 1.72. The van der Waals surface area contributed by atoms with Crippen LogP contribution in [0.5, 0.6) is 0 Å². The van der Waals surface area contributed by atoms with Gasteiger partial charge < -0.3 is 15.1 Å². The monoisotopic (exact) mass is 308 g/mol. The summed E-state index contributed by atoms with van der Waals surface area (Å²) >= 11 is 0. The van der Waals surface area contributed by atoms with Crippen LogP contribution in [-0.2, 0) is 4.79 Å². The predicted octanol–water partition coefficient (Wildman–Crippen LogP) is 2.15. The van der Waals surface area contributed by atoms with E-state index in [0.717, 1.165) is 37.0 Å². The van der Waals surface area contributed by atoms with Gasteiger partial charge in [0.1, 0.15) is 5.58 Å². The molecule has 5 nitrogen and oxygen atoms in total. The molecule has 2 aromatic rings. The van der Waals surface area contributed by atoms with Crippen LogP contribution in [0, 0.1) is 5.92 Å². The number of rotatable bonds is 2. The number of carbonyl (C=O) groups is 1. The number of amides is 1. The second kappa shape index (κ2) is 6.74. The summed E-state index contributed by atoms with van der Waals surface area (Å²) in [5.41, 5.74) is 0.874. The Balaban J connectivity index is 0.00000161. The van der Waals surface area contributed by atoms with Crippen molar-refractivity contribution >= 4 is 35.0 Å². The first kappa shape index (κ1) is 15.5. The van der Waals surface area contributed by atoms with Crippen LogP contribution in [0.25, 0.3) is 11.0 Å². The molecule has 3 rings (SSSR count). The Labute approximate surface area is 128 Å². The smallest absolute Gasteiger partial charge is 0.336 e. The van der Waals surface area contributed by atoms with Crippen molar-refractivity contribution in [2.24, 2.45) is 5.92 Å². The number of fused-ring (bicyclic) bond motifs is 1. The van der Waals surface area contributed by atoms with Crippen LogP contribution < -0.4 is 16.3 Å². The van der Waals surface area contributed by atoms with E-state index in [4.69, 9.17) is 4.42 Å². The molecule has 1 unspecified atom stereocenters. The van der Waals surface area contributed by atoms with Crippen molar-refractivity contribution in [3.8, 4) is 0 Å². The number of hydrogen-bond donors (Lipinski definition) is 2. The third-order valence-corrected chi connectivity index (χ3v) is 3.55. The number of benzene rings is 1. The molecule has 21 heavy (non-hydrogen) atoms. The molecule has 1 fully saturated rings. The topological polar surface area (TPSA) is 71.3 Å². The lowest BCUT2D eigenvalue weighted by Crippen LogP contribution is -2.37. The van der Waals surface area contributed by atoms with E-state index >= 15 is 0 Å². The van der Waals surface area contributed by atoms with Gasteiger partial charge in [0.05, 0.1) is 5.92 Å². The SMILES string of the molecule is Cl.O=C(Nc1ccc2oc(=O)ccc2c1)C1CCCNC1. The van der Waals surface area contributed by atoms with Crippen LogP contribution in [-0.4, -0.2) is 19.0 Å². The fourth-order valence-corrected chi connectivity index (χ4v) is 2.47. The summed E-state index contributed by atoms with van der Waals surface area (Å²) in [5, 5.41) is 6.94. The Morgan fingerprint density at radius 3 is 2.90 bits per heavy atom. The van der Waals surface area contributed by atoms with E-state index in [1.165, 1.54) is 6.07 Å². The Hall–Kier alpha value is -1.85. The first-order valence-electron chi connectivity index (χ1n) is 6.78. The molecule has 1 aromatic heterocycles. The highest BCUT2D eigenvalue weighted by molar-refractivity contribution is 5.94. The minimum absolute atomic E-state index is 0. The zero-order valence-electron chi connectivity index (χ0n) is 11.4. The summed E-state index contributed by atoms with van der Waals surface area (Å²) in [6, 6.07) is 8.33. The number of hydrogen-bond acceptors (Lipinski definition) is 4. The van der Waals surface area contributed by atoms with Crippen LogP contribution >= 0.6 is 12.4 Å². The standard InChI is InChI=1S/C15H16N2O3.ClH/c18-14-6-3-10-8-12(4-5-13(10)20-14)17-15(19)11-2-1-7-16-9-11;/h3-6,8,11,16H,1-2,7,9H2,(H,17,19);1H. The van der Waals surface area contributed by atoms with Crippen molar-refractivity contribution in [1.82, 2.24) is 5.32 Å². The van der Waals surface area contributed by atoms with E-state index in [1.807, 2.05) is 6.07 Å². The van der Waals surface area contributed by atoms with E-state index in [9.17, 15) is 9.59 Å². The summed E-state index contributed by atoms with van der Waals surface area (Å²) in [6.07, 6.45) is 1.95. The third kappa shape index (κ3) is 3.62. The molecule has 1 aromatic carbocycles. The molecule has 2 heterocycles. The van der Waals surface area contributed by atoms with Crippen LogP contribution in [0.1, 0.15) is 12.8 Å². The lowest BCUT2D eigenvalue weighted by atomic mass is 9.99. The van der Waals surface area contributed by atoms with Crippen LogP contribution in [0.4, 0.5) is 5.69 Å². The zero-order valence-corrected chi connectivity index (χ0v) is 12.2. The van der Waals surface area contributed by atoms with Gasteiger partial charge in [-0.2, -0.15) is 0 Å². The number of halogens is 1. The van der Waals surface area contributed by atoms with Gasteiger partial charge in [-0.3, -0.25) is 4.79 Å². The van der Waals surface area contributed by atoms with Gasteiger partial charge in [-0.05, 0) is 43.7 Å². The third-order valence-electron chi connectivity index (χ3n) is 3.55. The molecule has 1 amide bonds. The summed E-state index contributed by atoms with van der Waals surface area (Å²) in [4.78, 5) is 23.2. The predicted molar refractivity (Wildman–Crippen MR) is 84.0 cm³/mol. The van der Waals surface area contributed by atoms with Crippen molar-refractivity contribution in [1.29, 1.82) is 0 Å². The molecule has 112 valence electrons. The van der Waals surface area contributed by atoms with Gasteiger partial charge in [-0.1, -0.05) is 0 Å². The molecule has 1 saturated heterocycles. The fraction of sp³-hybridized carbons (Fsp3) is 0.333. The molecule has 2 N–H and O–H groups in total. The molecular formula is C15H17ClN2O3. The van der Waals surface area contributed by atoms with Gasteiger partial charge in [-0.25, -0.2) is 4.79 Å². The molecule has 0 radical (unpaired) electrons. The lowest BCUT2D eigenvalue weighted by molar-refractivity contribution is -0.120. The van der Waals surface area contributed by atoms with Crippen LogP contribution in [0.3, 0.4) is 0 Å². The van der Waals surface area contributed by atoms with Crippen LogP contribution in [0.15, 0.2) is 39.5 Å². The molecule has 1 atom stereocenters. The zero-order chi connectivity index (χ0) is 13.9. The number of piperidine rings is 1. The van der Waals surface area contributed by atoms with Gasteiger partial charge >= 0.3 is 5.63 Å². The quantitative estimate of drug-likeness (QED) is 0.834. The van der Waals surface area contributed by atoms with Gasteiger partial charge in [0.2, 0.25) is 5.91 Å². The van der Waals surface area contributed by atoms with Gasteiger partial charge in [0.25, 0.3) is 0 Å². The highest BCUT2D eigenvalue weighted by atomic mass is 35.5. The number of carbonyl (C=O) groups excluding carboxylic acids is 1. The highest BCUT2D eigenvalue weighted by Crippen LogP contribution is 2.19. The van der Waals surface area contributed by atoms with Crippen molar-refractivity contribution in [3.05, 3.63) is 40.8 Å². The average Bonchev–Trinajstić information content (AvgIpc) is 2.48. The molecule has 0 bridgehead atoms. The first-order valence-corrected chi connectivity index (χ1v) is 6.78. The molecule has 0 saturated carbocycles. The van der Waals surface area contributed by atoms with Gasteiger partial charge in [-0.15, -0.1) is 12.4 Å². The second-order valence-corrected chi connectivity index (χ2v) is 5.04. The van der Waals surface area contributed by atoms with E-state index in [2.05, 4.69) is 10.6 Å². The van der Waals surface area contributed by atoms with E-state index < -0.39 is 0 Å². The maximum absolute atomic E-state index is 12.1. The Morgan fingerprint density at radius 1 is 1.29 bits per heavy atom. The molecule has 6 heteroatoms. The van der Waals surface area contributed by atoms with Crippen molar-refractivity contribution in [3.63, 3.8) is 0 Å². The maximum Gasteiger partial charge on any atom is 0.336 e. The summed E-state index contributed by atoms with van der Waals surface area (Å²) in [5.74, 6) is 0.0575. The van der Waals surface area contributed by atoms with E-state index in [-0.39, 0.29) is 29.9 Å². The van der Waals surface area contributed by atoms with E-state index in [0.29, 0.717) is 5.58 Å². The fourth-order valence-electron chi connectivity index (χ4n) is 2.47. The van der Waals surface area contributed by atoms with Gasteiger partial charge in [0.15, 0.2) is 0 Å². The van der Waals surface area contributed by atoms with Crippen molar-refractivity contribution in [2.75, 3.05) is 18.4 Å². The highest BCUT2D eigenvalue weighted by Gasteiger charge is 2.20. The minimum Gasteiger partial charge on any atom is -0.423 e. The molecule has 1 aliphatic heterocycles. The number of anilines is 1. The Bertz CT molecular complexity index is 693. The average molecular weight is 309 g/mol. The maximum atomic E-state index is 12.1. The van der Waals surface area contributed by atoms with Gasteiger partial charge in [0, 0.05) is 23.7 Å². The van der Waals surface area contributed by atoms with E-state index in [1.54, 1.807) is 18.2 Å². The molecule has 1 aliphatic rings. The first-order chi connectivity index (χ1) is 9.72. The molecule has 0 aliphatic carbocycles. The Morgan fingerprint density at radius 2 is 2.14 bits per heavy atom. The van der Waals surface area contributed by atoms with Crippen LogP contribution in [0.2, 0.25) is 0 Å². The summed E-state index contributed by atoms with van der Waals surface area (Å²) < 4.78 is 5.06. The second-order valence-electron chi connectivity index (χ2n) is 5.04. The van der Waals surface area contributed by atoms with Crippen molar-refractivity contribution < 1.29 is 9.21 Å². The molecule has 0 spiro atoms. The lowest BCUT2D eigenvalue weighted by Gasteiger charge is -2.21. The molecular weight excluding hydrogens is 292 g/mol.